The zero-order valence-corrected chi connectivity index (χ0v) is 16.9. The van der Waals surface area contributed by atoms with Gasteiger partial charge in [0.05, 0.1) is 22.4 Å². The molecule has 2 unspecified atom stereocenters. The van der Waals surface area contributed by atoms with Gasteiger partial charge in [0.15, 0.2) is 0 Å². The van der Waals surface area contributed by atoms with E-state index in [0.29, 0.717) is 0 Å². The minimum Gasteiger partial charge on any atom is -0.459 e. The van der Waals surface area contributed by atoms with Crippen molar-refractivity contribution in [3.63, 3.8) is 0 Å². The molecule has 2 aliphatic rings. The van der Waals surface area contributed by atoms with E-state index >= 15 is 0 Å². The van der Waals surface area contributed by atoms with Crippen LogP contribution in [-0.4, -0.2) is 41.7 Å². The highest BCUT2D eigenvalue weighted by molar-refractivity contribution is 6.34. The molecule has 0 saturated carbocycles. The topological polar surface area (TPSA) is 76.2 Å². The summed E-state index contributed by atoms with van der Waals surface area (Å²) in [5.41, 5.74) is 0.238. The van der Waals surface area contributed by atoms with E-state index < -0.39 is 42.0 Å². The van der Waals surface area contributed by atoms with E-state index in [1.165, 1.54) is 4.90 Å². The van der Waals surface area contributed by atoms with Gasteiger partial charge in [-0.1, -0.05) is 41.9 Å². The fraction of sp³-hybridized carbons (Fsp3) is 0.286. The number of benzene rings is 2. The number of imide groups is 1. The molecule has 9 heteroatoms. The van der Waals surface area contributed by atoms with Crippen molar-refractivity contribution < 1.29 is 28.2 Å². The van der Waals surface area contributed by atoms with Crippen molar-refractivity contribution in [2.24, 2.45) is 0 Å². The van der Waals surface area contributed by atoms with E-state index in [0.717, 1.165) is 22.6 Å². The predicted molar refractivity (Wildman–Crippen MR) is 106 cm³/mol. The maximum Gasteiger partial charge on any atom is 0.339 e. The number of rotatable bonds is 4. The third kappa shape index (κ3) is 3.32. The molecule has 0 aliphatic carbocycles. The van der Waals surface area contributed by atoms with E-state index in [-0.39, 0.29) is 23.0 Å². The zero-order valence-electron chi connectivity index (χ0n) is 16.2. The van der Waals surface area contributed by atoms with Gasteiger partial charge in [-0.3, -0.25) is 9.69 Å². The lowest BCUT2D eigenvalue weighted by atomic mass is 10.0. The number of urea groups is 1. The summed E-state index contributed by atoms with van der Waals surface area (Å²) in [7, 11) is 0. The molecule has 0 spiro atoms. The number of nitrogens with zero attached hydrogens (tertiary/aromatic N) is 2. The number of hydrogen-bond donors (Lipinski definition) is 0. The molecule has 0 bridgehead atoms. The van der Waals surface area contributed by atoms with E-state index in [2.05, 4.69) is 0 Å². The monoisotopic (exact) mass is 432 g/mol. The number of fused-ring (bicyclic) bond motifs is 1. The molecule has 7 nitrogen and oxygen atoms in total. The van der Waals surface area contributed by atoms with Crippen LogP contribution in [-0.2, 0) is 14.3 Å². The van der Waals surface area contributed by atoms with Crippen LogP contribution < -0.4 is 4.90 Å². The van der Waals surface area contributed by atoms with Crippen LogP contribution in [0, 0.1) is 5.82 Å². The molecule has 2 atom stereocenters. The molecule has 2 aromatic carbocycles. The van der Waals surface area contributed by atoms with Gasteiger partial charge in [-0.15, -0.1) is 0 Å². The number of carbonyl (C=O) groups is 3. The molecular weight excluding hydrogens is 415 g/mol. The van der Waals surface area contributed by atoms with Crippen LogP contribution in [0.15, 0.2) is 42.5 Å². The quantitative estimate of drug-likeness (QED) is 0.541. The fourth-order valence-corrected chi connectivity index (χ4v) is 3.80. The van der Waals surface area contributed by atoms with Crippen molar-refractivity contribution in [3.05, 3.63) is 64.4 Å². The van der Waals surface area contributed by atoms with Gasteiger partial charge in [0.1, 0.15) is 24.7 Å². The number of anilines is 1. The first-order chi connectivity index (χ1) is 14.3. The van der Waals surface area contributed by atoms with Crippen LogP contribution in [0.25, 0.3) is 0 Å². The average Bonchev–Trinajstić information content (AvgIpc) is 3.23. The van der Waals surface area contributed by atoms with Crippen LogP contribution in [0.5, 0.6) is 0 Å². The summed E-state index contributed by atoms with van der Waals surface area (Å²) in [6, 6.07) is 9.30. The molecule has 3 amide bonds. The van der Waals surface area contributed by atoms with Crippen molar-refractivity contribution in [2.45, 2.75) is 32.1 Å². The average molecular weight is 433 g/mol. The first kappa shape index (κ1) is 20.3. The van der Waals surface area contributed by atoms with Crippen LogP contribution >= 0.6 is 11.6 Å². The van der Waals surface area contributed by atoms with Crippen molar-refractivity contribution in [1.29, 1.82) is 0 Å². The SMILES string of the molecule is CC(C)OC(=O)c1cc(N2C(=O)C3C(c4ccccc4)OCN3C2=O)c(F)cc1Cl. The number of hydrogen-bond acceptors (Lipinski definition) is 5. The number of halogens is 2. The molecule has 2 heterocycles. The van der Waals surface area contributed by atoms with Crippen molar-refractivity contribution in [2.75, 3.05) is 11.6 Å². The lowest BCUT2D eigenvalue weighted by Gasteiger charge is -2.19. The number of ether oxygens (including phenoxy) is 2. The molecule has 30 heavy (non-hydrogen) atoms. The Labute approximate surface area is 176 Å². The molecule has 156 valence electrons. The lowest BCUT2D eigenvalue weighted by molar-refractivity contribution is -0.120. The van der Waals surface area contributed by atoms with Crippen LogP contribution in [0.3, 0.4) is 0 Å². The predicted octanol–water partition coefficient (Wildman–Crippen LogP) is 3.91. The summed E-state index contributed by atoms with van der Waals surface area (Å²) in [5, 5.41) is -0.174. The van der Waals surface area contributed by atoms with E-state index in [1.807, 2.05) is 6.07 Å². The Kier molecular flexibility index (Phi) is 5.21. The summed E-state index contributed by atoms with van der Waals surface area (Å²) in [4.78, 5) is 40.3. The van der Waals surface area contributed by atoms with Gasteiger partial charge in [0.2, 0.25) is 0 Å². The van der Waals surface area contributed by atoms with E-state index in [9.17, 15) is 18.8 Å². The van der Waals surface area contributed by atoms with Gasteiger partial charge in [0.25, 0.3) is 5.91 Å². The molecule has 4 rings (SSSR count). The third-order valence-corrected chi connectivity index (χ3v) is 5.21. The second-order valence-corrected chi connectivity index (χ2v) is 7.64. The Hall–Kier alpha value is -2.97. The van der Waals surface area contributed by atoms with Crippen LogP contribution in [0.4, 0.5) is 14.9 Å². The third-order valence-electron chi connectivity index (χ3n) is 4.89. The van der Waals surface area contributed by atoms with Gasteiger partial charge in [-0.25, -0.2) is 18.9 Å². The Morgan fingerprint density at radius 3 is 2.60 bits per heavy atom. The summed E-state index contributed by atoms with van der Waals surface area (Å²) < 4.78 is 25.5. The highest BCUT2D eigenvalue weighted by Gasteiger charge is 2.54. The van der Waals surface area contributed by atoms with Crippen LogP contribution in [0.1, 0.15) is 35.9 Å². The normalized spacial score (nSPS) is 20.8. The van der Waals surface area contributed by atoms with Gasteiger partial charge >= 0.3 is 12.0 Å². The van der Waals surface area contributed by atoms with Gasteiger partial charge in [-0.05, 0) is 31.5 Å². The molecular formula is C21H18ClFN2O5. The Morgan fingerprint density at radius 1 is 1.23 bits per heavy atom. The molecule has 0 radical (unpaired) electrons. The molecule has 2 fully saturated rings. The second-order valence-electron chi connectivity index (χ2n) is 7.24. The summed E-state index contributed by atoms with van der Waals surface area (Å²) in [5.74, 6) is -2.32. The summed E-state index contributed by atoms with van der Waals surface area (Å²) in [6.07, 6.45) is -1.10. The smallest absolute Gasteiger partial charge is 0.339 e. The largest absolute Gasteiger partial charge is 0.459 e. The van der Waals surface area contributed by atoms with Crippen molar-refractivity contribution in [1.82, 2.24) is 4.90 Å². The Balaban J connectivity index is 1.71. The standard InChI is InChI=1S/C21H18ClFN2O5/c1-11(2)30-20(27)13-8-16(15(23)9-14(13)22)25-19(26)17-18(12-6-4-3-5-7-12)29-10-24(17)21(25)28/h3-9,11,17-18H,10H2,1-2H3. The Morgan fingerprint density at radius 2 is 1.93 bits per heavy atom. The maximum atomic E-state index is 14.7. The van der Waals surface area contributed by atoms with E-state index in [1.54, 1.807) is 38.1 Å². The molecule has 2 saturated heterocycles. The first-order valence-electron chi connectivity index (χ1n) is 9.30. The minimum atomic E-state index is -0.930. The maximum absolute atomic E-state index is 14.7. The van der Waals surface area contributed by atoms with E-state index in [4.69, 9.17) is 21.1 Å². The summed E-state index contributed by atoms with van der Waals surface area (Å²) >= 11 is 6.00. The van der Waals surface area contributed by atoms with Crippen LogP contribution in [0.2, 0.25) is 5.02 Å². The fourth-order valence-electron chi connectivity index (χ4n) is 3.57. The van der Waals surface area contributed by atoms with Crippen molar-refractivity contribution in [3.8, 4) is 0 Å². The molecule has 0 aromatic heterocycles. The molecule has 2 aromatic rings. The zero-order chi connectivity index (χ0) is 21.6. The van der Waals surface area contributed by atoms with Gasteiger partial charge < -0.3 is 9.47 Å². The number of amides is 3. The molecule has 2 aliphatic heterocycles. The van der Waals surface area contributed by atoms with Crippen molar-refractivity contribution >= 4 is 35.2 Å². The highest BCUT2D eigenvalue weighted by atomic mass is 35.5. The van der Waals surface area contributed by atoms with Gasteiger partial charge in [-0.2, -0.15) is 0 Å². The summed E-state index contributed by atoms with van der Waals surface area (Å²) in [6.45, 7) is 3.20. The second kappa shape index (κ2) is 7.70. The first-order valence-corrected chi connectivity index (χ1v) is 9.68. The van der Waals surface area contributed by atoms with Gasteiger partial charge in [0, 0.05) is 0 Å². The minimum absolute atomic E-state index is 0.108. The Bertz CT molecular complexity index is 1030. The number of carbonyl (C=O) groups excluding carboxylic acids is 3. The number of esters is 1. The molecule has 0 N–H and O–H groups in total. The lowest BCUT2D eigenvalue weighted by Crippen LogP contribution is -2.35. The highest BCUT2D eigenvalue weighted by Crippen LogP contribution is 2.40.